The summed E-state index contributed by atoms with van der Waals surface area (Å²) in [6.45, 7) is 3.23. The predicted molar refractivity (Wildman–Crippen MR) is 75.0 cm³/mol. The van der Waals surface area contributed by atoms with Crippen LogP contribution < -0.4 is 0 Å². The highest BCUT2D eigenvalue weighted by molar-refractivity contribution is 5.69. The SMILES string of the molecule is CN(CC(=O)O)C1CCN(Cc2ccccc2)CC1. The number of rotatable bonds is 5. The van der Waals surface area contributed by atoms with Gasteiger partial charge in [-0.3, -0.25) is 14.6 Å². The minimum absolute atomic E-state index is 0.142. The molecule has 1 saturated heterocycles. The van der Waals surface area contributed by atoms with Crippen LogP contribution in [0.1, 0.15) is 18.4 Å². The summed E-state index contributed by atoms with van der Waals surface area (Å²) < 4.78 is 0. The first-order valence-corrected chi connectivity index (χ1v) is 6.83. The van der Waals surface area contributed by atoms with E-state index in [0.29, 0.717) is 6.04 Å². The smallest absolute Gasteiger partial charge is 0.317 e. The van der Waals surface area contributed by atoms with Gasteiger partial charge in [0, 0.05) is 12.6 Å². The molecule has 0 spiro atoms. The van der Waals surface area contributed by atoms with Crippen LogP contribution in [0.25, 0.3) is 0 Å². The van der Waals surface area contributed by atoms with Crippen molar-refractivity contribution < 1.29 is 9.90 Å². The third-order valence-corrected chi connectivity index (χ3v) is 3.81. The Morgan fingerprint density at radius 1 is 1.32 bits per heavy atom. The molecule has 104 valence electrons. The highest BCUT2D eigenvalue weighted by atomic mass is 16.4. The van der Waals surface area contributed by atoms with E-state index in [9.17, 15) is 4.79 Å². The van der Waals surface area contributed by atoms with Crippen molar-refractivity contribution >= 4 is 5.97 Å². The Morgan fingerprint density at radius 3 is 2.53 bits per heavy atom. The van der Waals surface area contributed by atoms with Crippen molar-refractivity contribution in [3.05, 3.63) is 35.9 Å². The number of carbonyl (C=O) groups is 1. The minimum atomic E-state index is -0.741. The van der Waals surface area contributed by atoms with Crippen LogP contribution in [0.4, 0.5) is 0 Å². The normalized spacial score (nSPS) is 17.8. The summed E-state index contributed by atoms with van der Waals surface area (Å²) in [4.78, 5) is 15.1. The molecule has 0 aromatic heterocycles. The standard InChI is InChI=1S/C15H22N2O2/c1-16(12-15(18)19)14-7-9-17(10-8-14)11-13-5-3-2-4-6-13/h2-6,14H,7-12H2,1H3,(H,18,19). The predicted octanol–water partition coefficient (Wildman–Crippen LogP) is 1.67. The molecule has 1 aromatic rings. The lowest BCUT2D eigenvalue weighted by atomic mass is 10.0. The van der Waals surface area contributed by atoms with E-state index in [1.54, 1.807) is 0 Å². The van der Waals surface area contributed by atoms with Gasteiger partial charge in [-0.05, 0) is 38.5 Å². The summed E-state index contributed by atoms with van der Waals surface area (Å²) in [5, 5.41) is 8.81. The van der Waals surface area contributed by atoms with Crippen LogP contribution in [0.15, 0.2) is 30.3 Å². The molecule has 1 aliphatic heterocycles. The summed E-state index contributed by atoms with van der Waals surface area (Å²) in [5.74, 6) is -0.741. The van der Waals surface area contributed by atoms with E-state index >= 15 is 0 Å². The molecule has 0 radical (unpaired) electrons. The van der Waals surface area contributed by atoms with E-state index in [4.69, 9.17) is 5.11 Å². The van der Waals surface area contributed by atoms with Crippen molar-refractivity contribution in [1.82, 2.24) is 9.80 Å². The van der Waals surface area contributed by atoms with Gasteiger partial charge in [-0.2, -0.15) is 0 Å². The number of aliphatic carboxylic acids is 1. The summed E-state index contributed by atoms with van der Waals surface area (Å²) in [6.07, 6.45) is 2.10. The van der Waals surface area contributed by atoms with Gasteiger partial charge < -0.3 is 5.11 Å². The molecule has 1 fully saturated rings. The van der Waals surface area contributed by atoms with Gasteiger partial charge in [0.05, 0.1) is 6.54 Å². The highest BCUT2D eigenvalue weighted by Crippen LogP contribution is 2.17. The number of carboxylic acids is 1. The van der Waals surface area contributed by atoms with Gasteiger partial charge in [-0.25, -0.2) is 0 Å². The molecule has 1 aromatic carbocycles. The maximum absolute atomic E-state index is 10.7. The van der Waals surface area contributed by atoms with Gasteiger partial charge >= 0.3 is 5.97 Å². The summed E-state index contributed by atoms with van der Waals surface area (Å²) in [7, 11) is 1.91. The lowest BCUT2D eigenvalue weighted by Crippen LogP contribution is -2.44. The molecule has 4 nitrogen and oxygen atoms in total. The van der Waals surface area contributed by atoms with Crippen molar-refractivity contribution in [1.29, 1.82) is 0 Å². The highest BCUT2D eigenvalue weighted by Gasteiger charge is 2.23. The zero-order valence-electron chi connectivity index (χ0n) is 11.5. The van der Waals surface area contributed by atoms with Crippen molar-refractivity contribution in [3.63, 3.8) is 0 Å². The first kappa shape index (κ1) is 14.0. The molecule has 2 rings (SSSR count). The Bertz CT molecular complexity index is 400. The molecule has 1 N–H and O–H groups in total. The first-order valence-electron chi connectivity index (χ1n) is 6.83. The third kappa shape index (κ3) is 4.33. The van der Waals surface area contributed by atoms with Crippen LogP contribution in [0, 0.1) is 0 Å². The Labute approximate surface area is 114 Å². The molecule has 0 saturated carbocycles. The molecular formula is C15H22N2O2. The molecule has 1 heterocycles. The van der Waals surface area contributed by atoms with Crippen LogP contribution in [-0.4, -0.2) is 53.6 Å². The molecule has 0 aliphatic carbocycles. The number of carboxylic acid groups (broad SMARTS) is 1. The zero-order valence-corrected chi connectivity index (χ0v) is 11.5. The molecule has 1 aliphatic rings. The number of likely N-dealkylation sites (N-methyl/N-ethyl adjacent to an activating group) is 1. The summed E-state index contributed by atoms with van der Waals surface area (Å²) in [5.41, 5.74) is 1.35. The van der Waals surface area contributed by atoms with Gasteiger partial charge in [0.2, 0.25) is 0 Å². The van der Waals surface area contributed by atoms with E-state index in [0.717, 1.165) is 32.5 Å². The Hall–Kier alpha value is -1.39. The zero-order chi connectivity index (χ0) is 13.7. The molecule has 19 heavy (non-hydrogen) atoms. The molecule has 0 unspecified atom stereocenters. The van der Waals surface area contributed by atoms with Crippen LogP contribution in [-0.2, 0) is 11.3 Å². The number of hydrogen-bond donors (Lipinski definition) is 1. The second-order valence-electron chi connectivity index (χ2n) is 5.30. The molecule has 4 heteroatoms. The number of likely N-dealkylation sites (tertiary alicyclic amines) is 1. The maximum Gasteiger partial charge on any atom is 0.317 e. The van der Waals surface area contributed by atoms with Gasteiger partial charge in [0.1, 0.15) is 0 Å². The summed E-state index contributed by atoms with van der Waals surface area (Å²) >= 11 is 0. The Kier molecular flexibility index (Phi) is 4.93. The second-order valence-corrected chi connectivity index (χ2v) is 5.30. The lowest BCUT2D eigenvalue weighted by Gasteiger charge is -2.36. The van der Waals surface area contributed by atoms with Gasteiger partial charge in [0.25, 0.3) is 0 Å². The third-order valence-electron chi connectivity index (χ3n) is 3.81. The van der Waals surface area contributed by atoms with Gasteiger partial charge in [-0.1, -0.05) is 30.3 Å². The molecule has 0 bridgehead atoms. The van der Waals surface area contributed by atoms with Crippen LogP contribution in [0.5, 0.6) is 0 Å². The van der Waals surface area contributed by atoms with Crippen LogP contribution >= 0.6 is 0 Å². The first-order chi connectivity index (χ1) is 9.15. The van der Waals surface area contributed by atoms with Crippen molar-refractivity contribution in [2.75, 3.05) is 26.7 Å². The van der Waals surface area contributed by atoms with E-state index in [1.807, 2.05) is 18.0 Å². The lowest BCUT2D eigenvalue weighted by molar-refractivity contribution is -0.138. The van der Waals surface area contributed by atoms with Crippen molar-refractivity contribution in [2.45, 2.75) is 25.4 Å². The number of benzene rings is 1. The topological polar surface area (TPSA) is 43.8 Å². The molecular weight excluding hydrogens is 240 g/mol. The molecule has 0 amide bonds. The fraction of sp³-hybridized carbons (Fsp3) is 0.533. The fourth-order valence-corrected chi connectivity index (χ4v) is 2.70. The van der Waals surface area contributed by atoms with Crippen LogP contribution in [0.2, 0.25) is 0 Å². The summed E-state index contributed by atoms with van der Waals surface area (Å²) in [6, 6.07) is 10.9. The molecule has 0 atom stereocenters. The Morgan fingerprint density at radius 2 is 1.95 bits per heavy atom. The van der Waals surface area contributed by atoms with Crippen molar-refractivity contribution in [3.8, 4) is 0 Å². The fourth-order valence-electron chi connectivity index (χ4n) is 2.70. The average molecular weight is 262 g/mol. The van der Waals surface area contributed by atoms with Gasteiger partial charge in [0.15, 0.2) is 0 Å². The Balaban J connectivity index is 1.78. The van der Waals surface area contributed by atoms with E-state index < -0.39 is 5.97 Å². The number of nitrogens with zero attached hydrogens (tertiary/aromatic N) is 2. The average Bonchev–Trinajstić information content (AvgIpc) is 2.40. The van der Waals surface area contributed by atoms with E-state index in [2.05, 4.69) is 29.2 Å². The maximum atomic E-state index is 10.7. The second kappa shape index (κ2) is 6.68. The minimum Gasteiger partial charge on any atom is -0.480 e. The van der Waals surface area contributed by atoms with E-state index in [1.165, 1.54) is 5.56 Å². The van der Waals surface area contributed by atoms with Gasteiger partial charge in [-0.15, -0.1) is 0 Å². The van der Waals surface area contributed by atoms with Crippen molar-refractivity contribution in [2.24, 2.45) is 0 Å². The van der Waals surface area contributed by atoms with E-state index in [-0.39, 0.29) is 6.54 Å². The van der Waals surface area contributed by atoms with Crippen LogP contribution in [0.3, 0.4) is 0 Å². The number of hydrogen-bond acceptors (Lipinski definition) is 3. The monoisotopic (exact) mass is 262 g/mol. The largest absolute Gasteiger partial charge is 0.480 e. The number of piperidine rings is 1. The quantitative estimate of drug-likeness (QED) is 0.876.